The van der Waals surface area contributed by atoms with Crippen LogP contribution < -0.4 is 16.4 Å². The minimum absolute atomic E-state index is 0.0207. The summed E-state index contributed by atoms with van der Waals surface area (Å²) >= 11 is 0. The minimum Gasteiger partial charge on any atom is -0.463 e. The number of hydrogen-bond donors (Lipinski definition) is 3. The maximum absolute atomic E-state index is 12.0. The Kier molecular flexibility index (Phi) is 10.0. The molecule has 0 fully saturated rings. The number of hydrogen-bond acceptors (Lipinski definition) is 5. The Morgan fingerprint density at radius 1 is 1.07 bits per heavy atom. The molecule has 0 spiro atoms. The molecule has 0 aliphatic carbocycles. The maximum atomic E-state index is 12.0. The molecule has 4 N–H and O–H groups in total. The number of benzene rings is 1. The van der Waals surface area contributed by atoms with Gasteiger partial charge in [-0.1, -0.05) is 36.4 Å². The molecule has 0 aromatic heterocycles. The SMILES string of the molecule is CCOC(=O)/C=C/C[C@H](NC(=O)CCC(=O)N[C@H](C)c1ccccc1)C(N)=O. The number of carbonyl (C=O) groups excluding carboxylic acids is 4. The Labute approximate surface area is 164 Å². The summed E-state index contributed by atoms with van der Waals surface area (Å²) in [6.45, 7) is 3.77. The van der Waals surface area contributed by atoms with Gasteiger partial charge in [0, 0.05) is 18.9 Å². The standard InChI is InChI=1S/C20H27N3O5/c1-3-28-19(26)11-7-10-16(20(21)27)23-18(25)13-12-17(24)22-14(2)15-8-5-4-6-9-15/h4-9,11,14,16H,3,10,12-13H2,1-2H3,(H2,21,27)(H,22,24)(H,23,25)/b11-7+/t14-,16+/m1/s1. The molecule has 0 bridgehead atoms. The minimum atomic E-state index is -0.968. The van der Waals surface area contributed by atoms with Gasteiger partial charge < -0.3 is 21.1 Å². The van der Waals surface area contributed by atoms with Gasteiger partial charge in [0.15, 0.2) is 0 Å². The number of esters is 1. The highest BCUT2D eigenvalue weighted by molar-refractivity contribution is 5.89. The van der Waals surface area contributed by atoms with E-state index >= 15 is 0 Å². The van der Waals surface area contributed by atoms with Crippen LogP contribution in [-0.2, 0) is 23.9 Å². The van der Waals surface area contributed by atoms with Crippen molar-refractivity contribution >= 4 is 23.7 Å². The molecule has 0 saturated heterocycles. The fraction of sp³-hybridized carbons (Fsp3) is 0.400. The summed E-state index contributed by atoms with van der Waals surface area (Å²) in [5.74, 6) is -2.02. The van der Waals surface area contributed by atoms with E-state index in [4.69, 9.17) is 10.5 Å². The van der Waals surface area contributed by atoms with Crippen molar-refractivity contribution in [3.63, 3.8) is 0 Å². The van der Waals surface area contributed by atoms with Crippen molar-refractivity contribution in [1.29, 1.82) is 0 Å². The van der Waals surface area contributed by atoms with Crippen molar-refractivity contribution in [3.8, 4) is 0 Å². The monoisotopic (exact) mass is 389 g/mol. The van der Waals surface area contributed by atoms with Crippen molar-refractivity contribution in [2.75, 3.05) is 6.61 Å². The number of primary amides is 1. The van der Waals surface area contributed by atoms with Crippen LogP contribution in [0.15, 0.2) is 42.5 Å². The molecule has 2 atom stereocenters. The van der Waals surface area contributed by atoms with Crippen LogP contribution in [0.3, 0.4) is 0 Å². The summed E-state index contributed by atoms with van der Waals surface area (Å²) in [4.78, 5) is 46.7. The Morgan fingerprint density at radius 2 is 1.68 bits per heavy atom. The molecular formula is C20H27N3O5. The van der Waals surface area contributed by atoms with Crippen molar-refractivity contribution < 1.29 is 23.9 Å². The molecule has 1 rings (SSSR count). The van der Waals surface area contributed by atoms with Crippen LogP contribution in [0.4, 0.5) is 0 Å². The molecular weight excluding hydrogens is 362 g/mol. The van der Waals surface area contributed by atoms with E-state index in [0.717, 1.165) is 5.56 Å². The van der Waals surface area contributed by atoms with Crippen LogP contribution in [0.25, 0.3) is 0 Å². The zero-order valence-electron chi connectivity index (χ0n) is 16.1. The summed E-state index contributed by atoms with van der Waals surface area (Å²) in [6.07, 6.45) is 2.52. The first kappa shape index (κ1) is 22.9. The number of rotatable bonds is 11. The summed E-state index contributed by atoms with van der Waals surface area (Å²) in [6, 6.07) is 8.31. The smallest absolute Gasteiger partial charge is 0.330 e. The molecule has 8 heteroatoms. The quantitative estimate of drug-likeness (QED) is 0.386. The van der Waals surface area contributed by atoms with Crippen LogP contribution in [0.1, 0.15) is 44.7 Å². The molecule has 0 radical (unpaired) electrons. The van der Waals surface area contributed by atoms with Crippen molar-refractivity contribution in [2.45, 2.75) is 45.2 Å². The van der Waals surface area contributed by atoms with Gasteiger partial charge in [-0.3, -0.25) is 14.4 Å². The summed E-state index contributed by atoms with van der Waals surface area (Å²) < 4.78 is 4.72. The van der Waals surface area contributed by atoms with Crippen molar-refractivity contribution in [2.24, 2.45) is 5.73 Å². The lowest BCUT2D eigenvalue weighted by Crippen LogP contribution is -2.44. The van der Waals surface area contributed by atoms with Gasteiger partial charge >= 0.3 is 5.97 Å². The molecule has 0 aliphatic heterocycles. The van der Waals surface area contributed by atoms with Crippen LogP contribution in [0.5, 0.6) is 0 Å². The first-order chi connectivity index (χ1) is 13.3. The molecule has 152 valence electrons. The molecule has 1 aromatic rings. The highest BCUT2D eigenvalue weighted by Gasteiger charge is 2.18. The molecule has 8 nitrogen and oxygen atoms in total. The molecule has 28 heavy (non-hydrogen) atoms. The van der Waals surface area contributed by atoms with E-state index in [9.17, 15) is 19.2 Å². The topological polar surface area (TPSA) is 128 Å². The number of ether oxygens (including phenoxy) is 1. The molecule has 0 unspecified atom stereocenters. The van der Waals surface area contributed by atoms with Gasteiger partial charge in [0.25, 0.3) is 0 Å². The van der Waals surface area contributed by atoms with Crippen LogP contribution in [-0.4, -0.2) is 36.3 Å². The molecule has 0 aliphatic rings. The second kappa shape index (κ2) is 12.3. The Morgan fingerprint density at radius 3 is 2.25 bits per heavy atom. The van der Waals surface area contributed by atoms with E-state index in [2.05, 4.69) is 10.6 Å². The lowest BCUT2D eigenvalue weighted by Gasteiger charge is -2.15. The fourth-order valence-corrected chi connectivity index (χ4v) is 2.37. The van der Waals surface area contributed by atoms with Gasteiger partial charge in [0.2, 0.25) is 17.7 Å². The maximum Gasteiger partial charge on any atom is 0.330 e. The second-order valence-corrected chi connectivity index (χ2v) is 6.11. The predicted octanol–water partition coefficient (Wildman–Crippen LogP) is 1.12. The van der Waals surface area contributed by atoms with E-state index < -0.39 is 23.8 Å². The highest BCUT2D eigenvalue weighted by atomic mass is 16.5. The predicted molar refractivity (Wildman–Crippen MR) is 104 cm³/mol. The summed E-state index contributed by atoms with van der Waals surface area (Å²) in [7, 11) is 0. The lowest BCUT2D eigenvalue weighted by molar-refractivity contribution is -0.137. The summed E-state index contributed by atoms with van der Waals surface area (Å²) in [5.41, 5.74) is 6.22. The van der Waals surface area contributed by atoms with Gasteiger partial charge in [0.1, 0.15) is 6.04 Å². The van der Waals surface area contributed by atoms with Gasteiger partial charge in [-0.2, -0.15) is 0 Å². The van der Waals surface area contributed by atoms with Gasteiger partial charge in [-0.25, -0.2) is 4.79 Å². The van der Waals surface area contributed by atoms with E-state index in [-0.39, 0.29) is 37.8 Å². The Balaban J connectivity index is 2.42. The van der Waals surface area contributed by atoms with Crippen LogP contribution in [0, 0.1) is 0 Å². The normalized spacial score (nSPS) is 12.8. The van der Waals surface area contributed by atoms with E-state index in [1.807, 2.05) is 37.3 Å². The van der Waals surface area contributed by atoms with Crippen molar-refractivity contribution in [3.05, 3.63) is 48.0 Å². The number of nitrogens with two attached hydrogens (primary N) is 1. The average molecular weight is 389 g/mol. The number of amides is 3. The first-order valence-corrected chi connectivity index (χ1v) is 9.09. The largest absolute Gasteiger partial charge is 0.463 e. The average Bonchev–Trinajstić information content (AvgIpc) is 2.66. The second-order valence-electron chi connectivity index (χ2n) is 6.11. The van der Waals surface area contributed by atoms with Crippen LogP contribution >= 0.6 is 0 Å². The lowest BCUT2D eigenvalue weighted by atomic mass is 10.1. The third-order valence-electron chi connectivity index (χ3n) is 3.85. The number of nitrogens with one attached hydrogen (secondary N) is 2. The number of carbonyl (C=O) groups is 4. The molecule has 0 heterocycles. The molecule has 1 aromatic carbocycles. The van der Waals surface area contributed by atoms with Gasteiger partial charge in [-0.05, 0) is 25.8 Å². The van der Waals surface area contributed by atoms with Crippen LogP contribution in [0.2, 0.25) is 0 Å². The summed E-state index contributed by atoms with van der Waals surface area (Å²) in [5, 5.41) is 5.28. The fourth-order valence-electron chi connectivity index (χ4n) is 2.37. The Bertz CT molecular complexity index is 703. The molecule has 0 saturated carbocycles. The Hall–Kier alpha value is -3.16. The van der Waals surface area contributed by atoms with E-state index in [0.29, 0.717) is 0 Å². The third-order valence-corrected chi connectivity index (χ3v) is 3.85. The van der Waals surface area contributed by atoms with E-state index in [1.54, 1.807) is 6.92 Å². The first-order valence-electron chi connectivity index (χ1n) is 9.09. The van der Waals surface area contributed by atoms with Crippen molar-refractivity contribution in [1.82, 2.24) is 10.6 Å². The van der Waals surface area contributed by atoms with Gasteiger partial charge in [0.05, 0.1) is 12.6 Å². The zero-order chi connectivity index (χ0) is 20.9. The third kappa shape index (κ3) is 8.98. The van der Waals surface area contributed by atoms with Gasteiger partial charge in [-0.15, -0.1) is 0 Å². The highest BCUT2D eigenvalue weighted by Crippen LogP contribution is 2.11. The molecule has 3 amide bonds. The van der Waals surface area contributed by atoms with E-state index in [1.165, 1.54) is 12.2 Å². The zero-order valence-corrected chi connectivity index (χ0v) is 16.1.